The molecule has 0 saturated carbocycles. The minimum absolute atomic E-state index is 0.103. The van der Waals surface area contributed by atoms with Gasteiger partial charge in [-0.3, -0.25) is 4.79 Å². The molecule has 1 aromatic rings. The fourth-order valence-corrected chi connectivity index (χ4v) is 2.91. The van der Waals surface area contributed by atoms with Crippen LogP contribution in [0.5, 0.6) is 0 Å². The zero-order valence-corrected chi connectivity index (χ0v) is 17.5. The monoisotopic (exact) mass is 376 g/mol. The van der Waals surface area contributed by atoms with Crippen molar-refractivity contribution in [2.45, 2.75) is 90.6 Å². The summed E-state index contributed by atoms with van der Waals surface area (Å²) in [7, 11) is 1.44. The third-order valence-electron chi connectivity index (χ3n) is 4.41. The van der Waals surface area contributed by atoms with E-state index in [0.717, 1.165) is 19.3 Å². The van der Waals surface area contributed by atoms with Gasteiger partial charge in [0.05, 0.1) is 12.7 Å². The van der Waals surface area contributed by atoms with Crippen molar-refractivity contribution in [2.24, 2.45) is 0 Å². The van der Waals surface area contributed by atoms with Crippen LogP contribution in [-0.4, -0.2) is 24.6 Å². The quantitative estimate of drug-likeness (QED) is 0.338. The number of aryl methyl sites for hydroxylation is 1. The highest BCUT2D eigenvalue weighted by Crippen LogP contribution is 2.15. The van der Waals surface area contributed by atoms with Crippen molar-refractivity contribution in [3.05, 3.63) is 35.4 Å². The Balaban J connectivity index is 2.08. The molecule has 4 nitrogen and oxygen atoms in total. The van der Waals surface area contributed by atoms with Gasteiger partial charge in [0.2, 0.25) is 0 Å². The first-order valence-electron chi connectivity index (χ1n) is 10.2. The van der Waals surface area contributed by atoms with E-state index in [1.165, 1.54) is 51.2 Å². The molecule has 27 heavy (non-hydrogen) atoms. The number of hydrogen-bond acceptors (Lipinski definition) is 4. The largest absolute Gasteiger partial charge is 0.469 e. The highest BCUT2D eigenvalue weighted by Gasteiger charge is 2.17. The third kappa shape index (κ3) is 11.5. The maximum Gasteiger partial charge on any atom is 0.338 e. The molecule has 0 saturated heterocycles. The molecule has 0 unspecified atom stereocenters. The van der Waals surface area contributed by atoms with Crippen LogP contribution in [0.25, 0.3) is 0 Å². The van der Waals surface area contributed by atoms with Crippen LogP contribution in [0.4, 0.5) is 0 Å². The Hall–Kier alpha value is -1.84. The molecule has 1 aromatic carbocycles. The van der Waals surface area contributed by atoms with Crippen LogP contribution in [0.2, 0.25) is 0 Å². The van der Waals surface area contributed by atoms with Gasteiger partial charge in [0.15, 0.2) is 0 Å². The Morgan fingerprint density at radius 2 is 1.33 bits per heavy atom. The summed E-state index contributed by atoms with van der Waals surface area (Å²) < 4.78 is 10.0. The van der Waals surface area contributed by atoms with Crippen molar-refractivity contribution in [1.29, 1.82) is 0 Å². The topological polar surface area (TPSA) is 52.6 Å². The van der Waals surface area contributed by atoms with Gasteiger partial charge in [0.1, 0.15) is 5.60 Å². The van der Waals surface area contributed by atoms with Gasteiger partial charge >= 0.3 is 11.9 Å². The lowest BCUT2D eigenvalue weighted by atomic mass is 10.0. The maximum absolute atomic E-state index is 12.0. The molecule has 0 N–H and O–H groups in total. The highest BCUT2D eigenvalue weighted by atomic mass is 16.6. The summed E-state index contributed by atoms with van der Waals surface area (Å²) >= 11 is 0. The first kappa shape index (κ1) is 23.2. The van der Waals surface area contributed by atoms with Crippen molar-refractivity contribution in [3.63, 3.8) is 0 Å². The summed E-state index contributed by atoms with van der Waals surface area (Å²) in [5.74, 6) is -0.366. The normalized spacial score (nSPS) is 11.3. The van der Waals surface area contributed by atoms with Crippen molar-refractivity contribution < 1.29 is 19.1 Å². The summed E-state index contributed by atoms with van der Waals surface area (Å²) in [5.41, 5.74) is 1.42. The van der Waals surface area contributed by atoms with E-state index in [1.807, 2.05) is 45.0 Å². The fraction of sp³-hybridized carbons (Fsp3) is 0.652. The summed E-state index contributed by atoms with van der Waals surface area (Å²) in [4.78, 5) is 23.0. The molecule has 0 amide bonds. The summed E-state index contributed by atoms with van der Waals surface area (Å²) in [5, 5.41) is 0. The molecule has 0 heterocycles. The summed E-state index contributed by atoms with van der Waals surface area (Å²) in [6, 6.07) is 7.77. The number of carbonyl (C=O) groups is 2. The van der Waals surface area contributed by atoms with E-state index in [1.54, 1.807) is 0 Å². The fourth-order valence-electron chi connectivity index (χ4n) is 2.91. The zero-order chi connectivity index (χ0) is 20.1. The van der Waals surface area contributed by atoms with Gasteiger partial charge < -0.3 is 9.47 Å². The van der Waals surface area contributed by atoms with E-state index < -0.39 is 5.60 Å². The average Bonchev–Trinajstić information content (AvgIpc) is 2.62. The molecule has 0 aliphatic heterocycles. The third-order valence-corrected chi connectivity index (χ3v) is 4.41. The van der Waals surface area contributed by atoms with Crippen molar-refractivity contribution in [2.75, 3.05) is 7.11 Å². The van der Waals surface area contributed by atoms with Gasteiger partial charge in [-0.1, -0.05) is 50.7 Å². The minimum atomic E-state index is -0.461. The Bertz CT molecular complexity index is 555. The molecule has 0 aromatic heterocycles. The SMILES string of the molecule is COC(=O)CCCCCCCCCCc1ccc(C(=O)OC(C)(C)C)cc1. The molecule has 152 valence electrons. The second-order valence-electron chi connectivity index (χ2n) is 8.10. The molecule has 4 heteroatoms. The smallest absolute Gasteiger partial charge is 0.338 e. The predicted molar refractivity (Wildman–Crippen MR) is 109 cm³/mol. The molecule has 0 radical (unpaired) electrons. The summed E-state index contributed by atoms with van der Waals surface area (Å²) in [6.07, 6.45) is 11.0. The van der Waals surface area contributed by atoms with Crippen LogP contribution >= 0.6 is 0 Å². The number of benzene rings is 1. The highest BCUT2D eigenvalue weighted by molar-refractivity contribution is 5.89. The molecule has 1 rings (SSSR count). The predicted octanol–water partition coefficient (Wildman–Crippen LogP) is 5.87. The molecule has 0 aliphatic rings. The molecular formula is C23H36O4. The lowest BCUT2D eigenvalue weighted by Crippen LogP contribution is -2.23. The second kappa shape index (κ2) is 12.5. The van der Waals surface area contributed by atoms with Crippen molar-refractivity contribution >= 4 is 11.9 Å². The molecule has 0 atom stereocenters. The van der Waals surface area contributed by atoms with Crippen LogP contribution < -0.4 is 0 Å². The van der Waals surface area contributed by atoms with Crippen molar-refractivity contribution in [3.8, 4) is 0 Å². The summed E-state index contributed by atoms with van der Waals surface area (Å²) in [6.45, 7) is 5.63. The molecule has 0 aliphatic carbocycles. The first-order chi connectivity index (χ1) is 12.8. The molecular weight excluding hydrogens is 340 g/mol. The number of hydrogen-bond donors (Lipinski definition) is 0. The lowest BCUT2D eigenvalue weighted by molar-refractivity contribution is -0.140. The number of unbranched alkanes of at least 4 members (excludes halogenated alkanes) is 7. The van der Waals surface area contributed by atoms with E-state index >= 15 is 0 Å². The molecule has 0 spiro atoms. The van der Waals surface area contributed by atoms with Crippen LogP contribution in [0.1, 0.15) is 94.5 Å². The van der Waals surface area contributed by atoms with E-state index in [2.05, 4.69) is 4.74 Å². The van der Waals surface area contributed by atoms with Crippen molar-refractivity contribution in [1.82, 2.24) is 0 Å². The average molecular weight is 377 g/mol. The first-order valence-corrected chi connectivity index (χ1v) is 10.2. The van der Waals surface area contributed by atoms with Gasteiger partial charge in [-0.15, -0.1) is 0 Å². The van der Waals surface area contributed by atoms with E-state index in [4.69, 9.17) is 4.74 Å². The molecule has 0 bridgehead atoms. The van der Waals surface area contributed by atoms with Crippen LogP contribution in [0, 0.1) is 0 Å². The van der Waals surface area contributed by atoms with Gasteiger partial charge in [0, 0.05) is 6.42 Å². The maximum atomic E-state index is 12.0. The van der Waals surface area contributed by atoms with E-state index in [0.29, 0.717) is 12.0 Å². The number of rotatable bonds is 12. The van der Waals surface area contributed by atoms with E-state index in [9.17, 15) is 9.59 Å². The lowest BCUT2D eigenvalue weighted by Gasteiger charge is -2.19. The molecule has 0 fully saturated rings. The minimum Gasteiger partial charge on any atom is -0.469 e. The number of ether oxygens (including phenoxy) is 2. The Morgan fingerprint density at radius 3 is 1.85 bits per heavy atom. The van der Waals surface area contributed by atoms with Gasteiger partial charge in [-0.25, -0.2) is 4.79 Å². The number of esters is 2. The zero-order valence-electron chi connectivity index (χ0n) is 17.5. The van der Waals surface area contributed by atoms with Crippen LogP contribution in [-0.2, 0) is 20.7 Å². The van der Waals surface area contributed by atoms with Crippen LogP contribution in [0.3, 0.4) is 0 Å². The Kier molecular flexibility index (Phi) is 10.8. The van der Waals surface area contributed by atoms with Crippen LogP contribution in [0.15, 0.2) is 24.3 Å². The number of methoxy groups -OCH3 is 1. The van der Waals surface area contributed by atoms with Gasteiger partial charge in [-0.05, 0) is 57.7 Å². The Labute approximate surface area is 164 Å². The number of carbonyl (C=O) groups excluding carboxylic acids is 2. The van der Waals surface area contributed by atoms with E-state index in [-0.39, 0.29) is 11.9 Å². The second-order valence-corrected chi connectivity index (χ2v) is 8.10. The standard InChI is InChI=1S/C23H36O4/c1-23(2,3)27-22(25)20-17-15-19(16-18-20)13-11-9-7-5-6-8-10-12-14-21(24)26-4/h15-18H,5-14H2,1-4H3. The van der Waals surface area contributed by atoms with Gasteiger partial charge in [0.25, 0.3) is 0 Å². The Morgan fingerprint density at radius 1 is 0.815 bits per heavy atom. The van der Waals surface area contributed by atoms with Gasteiger partial charge in [-0.2, -0.15) is 0 Å².